The molecule has 5 rings (SSSR count). The Hall–Kier alpha value is -4.19. The first-order valence-corrected chi connectivity index (χ1v) is 9.30. The van der Waals surface area contributed by atoms with E-state index in [1.807, 2.05) is 48.5 Å². The van der Waals surface area contributed by atoms with Gasteiger partial charge in [0.15, 0.2) is 5.76 Å². The first kappa shape index (κ1) is 17.9. The molecule has 1 aliphatic rings. The standard InChI is InChI=1S/C24H17NO5/c1-29-15-8-6-13(7-9-15)23-17(16-4-2-3-5-18(16)25-23)12-21-24(28)22-19(27)10-14(26)11-20(22)30-21/h2-12,25-27H,1H3. The van der Waals surface area contributed by atoms with Crippen molar-refractivity contribution in [3.05, 3.63) is 77.5 Å². The van der Waals surface area contributed by atoms with Crippen molar-refractivity contribution in [2.45, 2.75) is 0 Å². The van der Waals surface area contributed by atoms with Crippen LogP contribution in [0.5, 0.6) is 23.0 Å². The number of phenols is 2. The van der Waals surface area contributed by atoms with Crippen LogP contribution in [0.15, 0.2) is 66.4 Å². The second-order valence-electron chi connectivity index (χ2n) is 6.97. The summed E-state index contributed by atoms with van der Waals surface area (Å²) in [5, 5.41) is 20.7. The number of hydrogen-bond donors (Lipinski definition) is 3. The summed E-state index contributed by atoms with van der Waals surface area (Å²) >= 11 is 0. The van der Waals surface area contributed by atoms with Gasteiger partial charge in [0.05, 0.1) is 12.8 Å². The highest BCUT2D eigenvalue weighted by molar-refractivity contribution is 6.17. The van der Waals surface area contributed by atoms with Crippen LogP contribution in [0.4, 0.5) is 0 Å². The molecule has 148 valence electrons. The molecule has 0 amide bonds. The van der Waals surface area contributed by atoms with E-state index in [9.17, 15) is 15.0 Å². The SMILES string of the molecule is COc1ccc(-c2[nH]c3ccccc3c2C=C2Oc3cc(O)cc(O)c3C2=O)cc1. The maximum Gasteiger partial charge on any atom is 0.235 e. The summed E-state index contributed by atoms with van der Waals surface area (Å²) in [6.45, 7) is 0. The monoisotopic (exact) mass is 399 g/mol. The van der Waals surface area contributed by atoms with Gasteiger partial charge in [-0.05, 0) is 42.0 Å². The van der Waals surface area contributed by atoms with Gasteiger partial charge < -0.3 is 24.7 Å². The van der Waals surface area contributed by atoms with Crippen LogP contribution in [0.25, 0.3) is 28.2 Å². The Kier molecular flexibility index (Phi) is 3.99. The highest BCUT2D eigenvalue weighted by atomic mass is 16.5. The molecule has 0 fully saturated rings. The maximum absolute atomic E-state index is 12.9. The molecule has 1 aliphatic heterocycles. The molecule has 0 saturated heterocycles. The van der Waals surface area contributed by atoms with Crippen molar-refractivity contribution in [1.82, 2.24) is 4.98 Å². The molecule has 0 atom stereocenters. The van der Waals surface area contributed by atoms with E-state index in [4.69, 9.17) is 9.47 Å². The summed E-state index contributed by atoms with van der Waals surface area (Å²) in [7, 11) is 1.61. The Bertz CT molecular complexity index is 1330. The van der Waals surface area contributed by atoms with Crippen molar-refractivity contribution < 1.29 is 24.5 Å². The zero-order chi connectivity index (χ0) is 20.8. The second-order valence-corrected chi connectivity index (χ2v) is 6.97. The zero-order valence-corrected chi connectivity index (χ0v) is 16.0. The molecule has 1 aromatic heterocycles. The van der Waals surface area contributed by atoms with Crippen molar-refractivity contribution >= 4 is 22.8 Å². The van der Waals surface area contributed by atoms with E-state index in [2.05, 4.69) is 4.98 Å². The topological polar surface area (TPSA) is 91.8 Å². The number of aromatic amines is 1. The van der Waals surface area contributed by atoms with Gasteiger partial charge in [0.25, 0.3) is 0 Å². The third-order valence-electron chi connectivity index (χ3n) is 5.14. The lowest BCUT2D eigenvalue weighted by Crippen LogP contribution is -1.98. The van der Waals surface area contributed by atoms with Crippen LogP contribution >= 0.6 is 0 Å². The third-order valence-corrected chi connectivity index (χ3v) is 5.14. The van der Waals surface area contributed by atoms with E-state index in [-0.39, 0.29) is 28.6 Å². The molecule has 0 unspecified atom stereocenters. The number of hydrogen-bond acceptors (Lipinski definition) is 5. The van der Waals surface area contributed by atoms with E-state index in [1.54, 1.807) is 13.2 Å². The molecule has 6 nitrogen and oxygen atoms in total. The average Bonchev–Trinajstić information content (AvgIpc) is 3.26. The molecule has 3 N–H and O–H groups in total. The van der Waals surface area contributed by atoms with Gasteiger partial charge in [-0.3, -0.25) is 4.79 Å². The molecule has 2 heterocycles. The van der Waals surface area contributed by atoms with Crippen LogP contribution in [-0.2, 0) is 0 Å². The van der Waals surface area contributed by atoms with E-state index in [0.717, 1.165) is 39.5 Å². The van der Waals surface area contributed by atoms with E-state index < -0.39 is 5.78 Å². The van der Waals surface area contributed by atoms with Crippen LogP contribution in [-0.4, -0.2) is 28.1 Å². The molecule has 0 saturated carbocycles. The number of para-hydroxylation sites is 1. The number of H-pyrrole nitrogens is 1. The highest BCUT2D eigenvalue weighted by Gasteiger charge is 2.32. The lowest BCUT2D eigenvalue weighted by molar-refractivity contribution is 0.101. The molecule has 0 spiro atoms. The molecular weight excluding hydrogens is 382 g/mol. The Morgan fingerprint density at radius 2 is 1.80 bits per heavy atom. The fourth-order valence-corrected chi connectivity index (χ4v) is 3.71. The number of allylic oxidation sites excluding steroid dienone is 1. The summed E-state index contributed by atoms with van der Waals surface area (Å²) in [5.41, 5.74) is 3.49. The van der Waals surface area contributed by atoms with E-state index >= 15 is 0 Å². The van der Waals surface area contributed by atoms with E-state index in [1.165, 1.54) is 6.07 Å². The lowest BCUT2D eigenvalue weighted by Gasteiger charge is -2.05. The first-order valence-electron chi connectivity index (χ1n) is 9.30. The van der Waals surface area contributed by atoms with E-state index in [0.29, 0.717) is 0 Å². The van der Waals surface area contributed by atoms with Crippen LogP contribution < -0.4 is 9.47 Å². The quantitative estimate of drug-likeness (QED) is 0.428. The number of benzene rings is 3. The number of aromatic hydroxyl groups is 2. The number of carbonyl (C=O) groups is 1. The van der Waals surface area contributed by atoms with Gasteiger partial charge in [-0.2, -0.15) is 0 Å². The van der Waals surface area contributed by atoms with Crippen LogP contribution in [0.2, 0.25) is 0 Å². The Morgan fingerprint density at radius 3 is 2.57 bits per heavy atom. The summed E-state index contributed by atoms with van der Waals surface area (Å²) < 4.78 is 10.9. The van der Waals surface area contributed by atoms with Gasteiger partial charge in [-0.25, -0.2) is 0 Å². The number of methoxy groups -OCH3 is 1. The molecule has 30 heavy (non-hydrogen) atoms. The average molecular weight is 399 g/mol. The van der Waals surface area contributed by atoms with Crippen LogP contribution in [0.3, 0.4) is 0 Å². The Labute approximate surface area is 171 Å². The number of aromatic nitrogens is 1. The van der Waals surface area contributed by atoms with Gasteiger partial charge in [0.1, 0.15) is 28.6 Å². The summed E-state index contributed by atoms with van der Waals surface area (Å²) in [6.07, 6.45) is 1.66. The fraction of sp³-hybridized carbons (Fsp3) is 0.0417. The van der Waals surface area contributed by atoms with Crippen molar-refractivity contribution in [3.63, 3.8) is 0 Å². The van der Waals surface area contributed by atoms with Crippen molar-refractivity contribution in [2.75, 3.05) is 7.11 Å². The van der Waals surface area contributed by atoms with Crippen LogP contribution in [0, 0.1) is 0 Å². The van der Waals surface area contributed by atoms with Crippen molar-refractivity contribution in [2.24, 2.45) is 0 Å². The minimum atomic E-state index is -0.437. The Balaban J connectivity index is 1.67. The van der Waals surface area contributed by atoms with Gasteiger partial charge in [-0.1, -0.05) is 18.2 Å². The number of phenolic OH excluding ortho intramolecular Hbond substituents is 2. The molecule has 4 aromatic rings. The predicted molar refractivity (Wildman–Crippen MR) is 113 cm³/mol. The van der Waals surface area contributed by atoms with Crippen LogP contribution in [0.1, 0.15) is 15.9 Å². The summed E-state index contributed by atoms with van der Waals surface area (Å²) in [4.78, 5) is 16.3. The molecule has 0 aliphatic carbocycles. The molecule has 0 bridgehead atoms. The normalized spacial score (nSPS) is 14.2. The van der Waals surface area contributed by atoms with Gasteiger partial charge >= 0.3 is 0 Å². The number of Topliss-reactive ketones (excluding diaryl/α,β-unsaturated/α-hetero) is 1. The molecule has 0 radical (unpaired) electrons. The third kappa shape index (κ3) is 2.78. The largest absolute Gasteiger partial charge is 0.508 e. The number of ether oxygens (including phenoxy) is 2. The maximum atomic E-state index is 12.9. The van der Waals surface area contributed by atoms with Gasteiger partial charge in [0, 0.05) is 28.6 Å². The van der Waals surface area contributed by atoms with Crippen molar-refractivity contribution in [1.29, 1.82) is 0 Å². The number of nitrogens with one attached hydrogen (secondary N) is 1. The Morgan fingerprint density at radius 1 is 1.03 bits per heavy atom. The predicted octanol–water partition coefficient (Wildman–Crippen LogP) is 4.87. The molecular formula is C24H17NO5. The van der Waals surface area contributed by atoms with Gasteiger partial charge in [0.2, 0.25) is 5.78 Å². The lowest BCUT2D eigenvalue weighted by atomic mass is 10.0. The minimum absolute atomic E-state index is 0.0462. The van der Waals surface area contributed by atoms with Gasteiger partial charge in [-0.15, -0.1) is 0 Å². The molecule has 6 heteroatoms. The zero-order valence-electron chi connectivity index (χ0n) is 16.0. The summed E-state index contributed by atoms with van der Waals surface area (Å²) in [5.74, 6) is 0.0299. The smallest absolute Gasteiger partial charge is 0.235 e. The molecule has 3 aromatic carbocycles. The second kappa shape index (κ2) is 6.70. The van der Waals surface area contributed by atoms with Crippen molar-refractivity contribution in [3.8, 4) is 34.3 Å². The number of rotatable bonds is 3. The number of fused-ring (bicyclic) bond motifs is 2. The first-order chi connectivity index (χ1) is 14.5. The number of carbonyl (C=O) groups excluding carboxylic acids is 1. The number of ketones is 1. The fourth-order valence-electron chi connectivity index (χ4n) is 3.71. The highest BCUT2D eigenvalue weighted by Crippen LogP contribution is 2.42. The minimum Gasteiger partial charge on any atom is -0.508 e. The summed E-state index contributed by atoms with van der Waals surface area (Å²) in [6, 6.07) is 17.8.